The van der Waals surface area contributed by atoms with Gasteiger partial charge in [-0.15, -0.1) is 0 Å². The molecule has 2 atom stereocenters. The van der Waals surface area contributed by atoms with Crippen LogP contribution in [0.15, 0.2) is 24.3 Å². The van der Waals surface area contributed by atoms with Crippen LogP contribution in [0.5, 0.6) is 0 Å². The molecule has 110 valence electrons. The van der Waals surface area contributed by atoms with Crippen LogP contribution in [0.3, 0.4) is 0 Å². The van der Waals surface area contributed by atoms with Crippen LogP contribution in [-0.2, 0) is 4.74 Å². The van der Waals surface area contributed by atoms with Crippen molar-refractivity contribution in [2.75, 3.05) is 19.7 Å². The Hall–Kier alpha value is -0.970. The van der Waals surface area contributed by atoms with Gasteiger partial charge in [0.05, 0.1) is 12.2 Å². The number of ether oxygens (including phenoxy) is 1. The normalized spacial score (nSPS) is 24.2. The molecule has 0 radical (unpaired) electrons. The van der Waals surface area contributed by atoms with Gasteiger partial charge in [0, 0.05) is 25.7 Å². The molecule has 1 saturated carbocycles. The summed E-state index contributed by atoms with van der Waals surface area (Å²) < 4.78 is 18.6. The average Bonchev–Trinajstić information content (AvgIpc) is 3.17. The zero-order valence-corrected chi connectivity index (χ0v) is 11.7. The maximum Gasteiger partial charge on any atom is 0.123 e. The summed E-state index contributed by atoms with van der Waals surface area (Å²) in [6.45, 7) is 2.38. The standard InChI is InChI=1S/C16H22FNO2/c17-13-5-3-12(4-6-13)16(19)11-18(14-7-8-14)10-15-2-1-9-20-15/h3-6,14-16,19H,1-2,7-11H2/t15-,16-/m1/s1. The van der Waals surface area contributed by atoms with Gasteiger partial charge in [-0.1, -0.05) is 12.1 Å². The number of benzene rings is 1. The van der Waals surface area contributed by atoms with E-state index < -0.39 is 6.10 Å². The van der Waals surface area contributed by atoms with Crippen molar-refractivity contribution in [2.45, 2.75) is 43.9 Å². The summed E-state index contributed by atoms with van der Waals surface area (Å²) >= 11 is 0. The summed E-state index contributed by atoms with van der Waals surface area (Å²) in [5.74, 6) is -0.264. The van der Waals surface area contributed by atoms with Crippen molar-refractivity contribution < 1.29 is 14.2 Å². The maximum absolute atomic E-state index is 12.9. The van der Waals surface area contributed by atoms with Crippen LogP contribution in [0.2, 0.25) is 0 Å². The van der Waals surface area contributed by atoms with Gasteiger partial charge in [0.25, 0.3) is 0 Å². The first-order valence-electron chi connectivity index (χ1n) is 7.51. The first kappa shape index (κ1) is 14.0. The Balaban J connectivity index is 1.59. The number of hydrogen-bond acceptors (Lipinski definition) is 3. The molecule has 2 fully saturated rings. The summed E-state index contributed by atoms with van der Waals surface area (Å²) in [5.41, 5.74) is 0.782. The van der Waals surface area contributed by atoms with Gasteiger partial charge in [-0.05, 0) is 43.4 Å². The van der Waals surface area contributed by atoms with E-state index in [1.807, 2.05) is 0 Å². The quantitative estimate of drug-likeness (QED) is 0.868. The molecule has 4 heteroatoms. The lowest BCUT2D eigenvalue weighted by atomic mass is 10.1. The summed E-state index contributed by atoms with van der Waals surface area (Å²) in [5, 5.41) is 10.3. The highest BCUT2D eigenvalue weighted by molar-refractivity contribution is 5.18. The van der Waals surface area contributed by atoms with Crippen molar-refractivity contribution in [3.8, 4) is 0 Å². The van der Waals surface area contributed by atoms with Crippen LogP contribution in [0.25, 0.3) is 0 Å². The van der Waals surface area contributed by atoms with E-state index >= 15 is 0 Å². The average molecular weight is 279 g/mol. The Morgan fingerprint density at radius 2 is 2.00 bits per heavy atom. The molecule has 1 heterocycles. The van der Waals surface area contributed by atoms with E-state index in [0.29, 0.717) is 18.7 Å². The van der Waals surface area contributed by atoms with Crippen molar-refractivity contribution in [3.05, 3.63) is 35.6 Å². The summed E-state index contributed by atoms with van der Waals surface area (Å²) in [6, 6.07) is 6.73. The van der Waals surface area contributed by atoms with E-state index in [-0.39, 0.29) is 5.82 Å². The zero-order valence-electron chi connectivity index (χ0n) is 11.7. The van der Waals surface area contributed by atoms with Gasteiger partial charge < -0.3 is 9.84 Å². The minimum Gasteiger partial charge on any atom is -0.387 e. The Morgan fingerprint density at radius 1 is 1.25 bits per heavy atom. The topological polar surface area (TPSA) is 32.7 Å². The number of halogens is 1. The highest BCUT2D eigenvalue weighted by Crippen LogP contribution is 2.30. The molecule has 0 aromatic heterocycles. The minimum atomic E-state index is -0.558. The van der Waals surface area contributed by atoms with Crippen molar-refractivity contribution in [1.29, 1.82) is 0 Å². The summed E-state index contributed by atoms with van der Waals surface area (Å²) in [7, 11) is 0. The maximum atomic E-state index is 12.9. The molecule has 1 N–H and O–H groups in total. The van der Waals surface area contributed by atoms with Crippen LogP contribution in [0.4, 0.5) is 4.39 Å². The van der Waals surface area contributed by atoms with E-state index in [1.54, 1.807) is 12.1 Å². The molecule has 0 unspecified atom stereocenters. The zero-order chi connectivity index (χ0) is 13.9. The highest BCUT2D eigenvalue weighted by atomic mass is 19.1. The number of nitrogens with zero attached hydrogens (tertiary/aromatic N) is 1. The largest absolute Gasteiger partial charge is 0.387 e. The summed E-state index contributed by atoms with van der Waals surface area (Å²) in [6.07, 6.45) is 4.44. The molecule has 1 aromatic carbocycles. The molecule has 1 saturated heterocycles. The molecule has 1 aliphatic carbocycles. The predicted octanol–water partition coefficient (Wildman–Crippen LogP) is 2.50. The van der Waals surface area contributed by atoms with E-state index in [0.717, 1.165) is 31.6 Å². The third-order valence-corrected chi connectivity index (χ3v) is 4.19. The molecule has 0 bridgehead atoms. The van der Waals surface area contributed by atoms with Gasteiger partial charge in [0.15, 0.2) is 0 Å². The molecule has 2 aliphatic rings. The van der Waals surface area contributed by atoms with E-state index in [2.05, 4.69) is 4.90 Å². The molecule has 1 aromatic rings. The third kappa shape index (κ3) is 3.57. The highest BCUT2D eigenvalue weighted by Gasteiger charge is 2.32. The van der Waals surface area contributed by atoms with E-state index in [4.69, 9.17) is 4.74 Å². The summed E-state index contributed by atoms with van der Waals surface area (Å²) in [4.78, 5) is 2.34. The lowest BCUT2D eigenvalue weighted by Gasteiger charge is -2.27. The van der Waals surface area contributed by atoms with Gasteiger partial charge in [-0.3, -0.25) is 4.90 Å². The van der Waals surface area contributed by atoms with Gasteiger partial charge in [0.1, 0.15) is 5.82 Å². The fourth-order valence-electron chi connectivity index (χ4n) is 2.87. The smallest absolute Gasteiger partial charge is 0.123 e. The van der Waals surface area contributed by atoms with Crippen molar-refractivity contribution in [3.63, 3.8) is 0 Å². The third-order valence-electron chi connectivity index (χ3n) is 4.19. The SMILES string of the molecule is O[C@H](CN(C[C@H]1CCCO1)C1CC1)c1ccc(F)cc1. The number of hydrogen-bond donors (Lipinski definition) is 1. The van der Waals surface area contributed by atoms with Crippen LogP contribution < -0.4 is 0 Å². The fraction of sp³-hybridized carbons (Fsp3) is 0.625. The van der Waals surface area contributed by atoms with Gasteiger partial charge in [0.2, 0.25) is 0 Å². The van der Waals surface area contributed by atoms with Gasteiger partial charge in [-0.2, -0.15) is 0 Å². The molecular formula is C16H22FNO2. The van der Waals surface area contributed by atoms with E-state index in [9.17, 15) is 9.50 Å². The van der Waals surface area contributed by atoms with Gasteiger partial charge >= 0.3 is 0 Å². The van der Waals surface area contributed by atoms with Crippen LogP contribution in [0.1, 0.15) is 37.4 Å². The van der Waals surface area contributed by atoms with Crippen LogP contribution in [-0.4, -0.2) is 41.8 Å². The first-order chi connectivity index (χ1) is 9.72. The molecule has 3 rings (SSSR count). The number of rotatable bonds is 6. The van der Waals surface area contributed by atoms with Crippen molar-refractivity contribution in [2.24, 2.45) is 0 Å². The number of aliphatic hydroxyl groups excluding tert-OH is 1. The molecule has 0 amide bonds. The lowest BCUT2D eigenvalue weighted by Crippen LogP contribution is -2.37. The molecule has 20 heavy (non-hydrogen) atoms. The Labute approximate surface area is 119 Å². The molecule has 0 spiro atoms. The Bertz CT molecular complexity index is 427. The second-order valence-corrected chi connectivity index (χ2v) is 5.89. The monoisotopic (exact) mass is 279 g/mol. The predicted molar refractivity (Wildman–Crippen MR) is 74.9 cm³/mol. The van der Waals surface area contributed by atoms with Crippen molar-refractivity contribution in [1.82, 2.24) is 4.90 Å². The second kappa shape index (κ2) is 6.20. The Kier molecular flexibility index (Phi) is 4.34. The molecule has 1 aliphatic heterocycles. The fourth-order valence-corrected chi connectivity index (χ4v) is 2.87. The van der Waals surface area contributed by atoms with E-state index in [1.165, 1.54) is 25.0 Å². The molecule has 3 nitrogen and oxygen atoms in total. The van der Waals surface area contributed by atoms with Crippen LogP contribution >= 0.6 is 0 Å². The number of aliphatic hydroxyl groups is 1. The first-order valence-corrected chi connectivity index (χ1v) is 7.51. The minimum absolute atomic E-state index is 0.264. The lowest BCUT2D eigenvalue weighted by molar-refractivity contribution is 0.0457. The Morgan fingerprint density at radius 3 is 2.60 bits per heavy atom. The van der Waals surface area contributed by atoms with Gasteiger partial charge in [-0.25, -0.2) is 4.39 Å². The van der Waals surface area contributed by atoms with Crippen molar-refractivity contribution >= 4 is 0 Å². The molecular weight excluding hydrogens is 257 g/mol. The second-order valence-electron chi connectivity index (χ2n) is 5.89. The van der Waals surface area contributed by atoms with Crippen LogP contribution in [0, 0.1) is 5.82 Å².